The first-order chi connectivity index (χ1) is 12.8. The molecule has 1 aliphatic heterocycles. The fraction of sp³-hybridized carbons (Fsp3) is 0.471. The van der Waals surface area contributed by atoms with Crippen LogP contribution in [0.5, 0.6) is 0 Å². The third-order valence-corrected chi connectivity index (χ3v) is 6.82. The summed E-state index contributed by atoms with van der Waals surface area (Å²) in [5, 5.41) is 3.34. The van der Waals surface area contributed by atoms with Crippen molar-refractivity contribution in [1.82, 2.24) is 10.3 Å². The zero-order valence-corrected chi connectivity index (χ0v) is 16.3. The van der Waals surface area contributed by atoms with Gasteiger partial charge in [0, 0.05) is 6.04 Å². The smallest absolute Gasteiger partial charge is 0.332 e. The predicted octanol–water partition coefficient (Wildman–Crippen LogP) is 1.05. The van der Waals surface area contributed by atoms with Gasteiger partial charge in [-0.05, 0) is 25.5 Å². The Morgan fingerprint density at radius 1 is 1.37 bits per heavy atom. The first-order valence-corrected chi connectivity index (χ1v) is 11.1. The molecule has 2 heterocycles. The molecule has 0 unspecified atom stereocenters. The molecule has 8 nitrogen and oxygen atoms in total. The number of esters is 1. The van der Waals surface area contributed by atoms with Crippen LogP contribution in [0.2, 0.25) is 0 Å². The number of hydrogen-bond acceptors (Lipinski definition) is 8. The lowest BCUT2D eigenvalue weighted by Gasteiger charge is -2.16. The molecule has 2 aromatic rings. The van der Waals surface area contributed by atoms with Gasteiger partial charge >= 0.3 is 5.97 Å². The maximum absolute atomic E-state index is 12.0. The van der Waals surface area contributed by atoms with Gasteiger partial charge in [-0.3, -0.25) is 4.79 Å². The lowest BCUT2D eigenvalue weighted by Crippen LogP contribution is -2.42. The predicted molar refractivity (Wildman–Crippen MR) is 100 cm³/mol. The molecule has 1 amide bonds. The molecule has 1 aliphatic rings. The lowest BCUT2D eigenvalue weighted by atomic mass is 10.2. The zero-order valence-electron chi connectivity index (χ0n) is 14.7. The van der Waals surface area contributed by atoms with E-state index in [1.807, 2.05) is 24.3 Å². The SMILES string of the molecule is C[C@@H](OC(=O)COCc1nc2ccccc2s1)C(=O)N[C@@H]1CCS(=O)(=O)C1. The van der Waals surface area contributed by atoms with E-state index in [4.69, 9.17) is 9.47 Å². The number of thiazole rings is 1. The van der Waals surface area contributed by atoms with E-state index in [-0.39, 0.29) is 24.7 Å². The number of ether oxygens (including phenoxy) is 2. The van der Waals surface area contributed by atoms with Crippen LogP contribution in [-0.4, -0.2) is 55.5 Å². The summed E-state index contributed by atoms with van der Waals surface area (Å²) in [6.07, 6.45) is -0.646. The second-order valence-corrected chi connectivity index (χ2v) is 9.65. The van der Waals surface area contributed by atoms with Gasteiger partial charge in [-0.1, -0.05) is 12.1 Å². The molecule has 3 rings (SSSR count). The number of para-hydroxylation sites is 1. The van der Waals surface area contributed by atoms with Crippen LogP contribution in [0, 0.1) is 0 Å². The summed E-state index contributed by atoms with van der Waals surface area (Å²) in [6, 6.07) is 7.26. The second-order valence-electron chi connectivity index (χ2n) is 6.31. The maximum Gasteiger partial charge on any atom is 0.332 e. The summed E-state index contributed by atoms with van der Waals surface area (Å²) in [7, 11) is -3.09. The number of carbonyl (C=O) groups excluding carboxylic acids is 2. The van der Waals surface area contributed by atoms with Gasteiger partial charge in [0.25, 0.3) is 5.91 Å². The minimum atomic E-state index is -3.09. The van der Waals surface area contributed by atoms with Crippen LogP contribution in [0.3, 0.4) is 0 Å². The summed E-state index contributed by atoms with van der Waals surface area (Å²) >= 11 is 1.48. The highest BCUT2D eigenvalue weighted by Gasteiger charge is 2.30. The molecule has 0 bridgehead atoms. The van der Waals surface area contributed by atoms with E-state index in [2.05, 4.69) is 10.3 Å². The average molecular weight is 412 g/mol. The standard InChI is InChI=1S/C17H20N2O6S2/c1-11(17(21)18-12-6-7-27(22,23)10-12)25-16(20)9-24-8-15-19-13-4-2-3-5-14(13)26-15/h2-5,11-12H,6-10H2,1H3,(H,18,21)/t11-,12-/m1/s1. The van der Waals surface area contributed by atoms with Gasteiger partial charge in [0.2, 0.25) is 0 Å². The molecule has 1 aromatic heterocycles. The fourth-order valence-electron chi connectivity index (χ4n) is 2.72. The third kappa shape index (κ3) is 5.47. The van der Waals surface area contributed by atoms with Crippen LogP contribution in [0.25, 0.3) is 10.2 Å². The van der Waals surface area contributed by atoms with Crippen LogP contribution >= 0.6 is 11.3 Å². The van der Waals surface area contributed by atoms with Gasteiger partial charge < -0.3 is 14.8 Å². The van der Waals surface area contributed by atoms with Crippen LogP contribution < -0.4 is 5.32 Å². The fourth-order valence-corrected chi connectivity index (χ4v) is 5.29. The maximum atomic E-state index is 12.0. The number of hydrogen-bond donors (Lipinski definition) is 1. The van der Waals surface area contributed by atoms with Crippen molar-refractivity contribution >= 4 is 43.3 Å². The van der Waals surface area contributed by atoms with Crippen molar-refractivity contribution in [3.63, 3.8) is 0 Å². The lowest BCUT2D eigenvalue weighted by molar-refractivity contribution is -0.159. The summed E-state index contributed by atoms with van der Waals surface area (Å²) in [5.41, 5.74) is 0.878. The largest absolute Gasteiger partial charge is 0.451 e. The Morgan fingerprint density at radius 3 is 2.85 bits per heavy atom. The van der Waals surface area contributed by atoms with E-state index in [0.717, 1.165) is 15.2 Å². The van der Waals surface area contributed by atoms with Gasteiger partial charge in [-0.25, -0.2) is 18.2 Å². The number of sulfone groups is 1. The Labute approximate surface area is 160 Å². The quantitative estimate of drug-likeness (QED) is 0.677. The normalized spacial score (nSPS) is 19.7. The van der Waals surface area contributed by atoms with E-state index < -0.39 is 33.9 Å². The van der Waals surface area contributed by atoms with Crippen molar-refractivity contribution in [2.24, 2.45) is 0 Å². The van der Waals surface area contributed by atoms with Crippen molar-refractivity contribution in [1.29, 1.82) is 0 Å². The van der Waals surface area contributed by atoms with E-state index in [1.54, 1.807) is 0 Å². The summed E-state index contributed by atoms with van der Waals surface area (Å²) in [6.45, 7) is 1.31. The van der Waals surface area contributed by atoms with Gasteiger partial charge in [0.15, 0.2) is 15.9 Å². The highest BCUT2D eigenvalue weighted by molar-refractivity contribution is 7.91. The summed E-state index contributed by atoms with van der Waals surface area (Å²) in [4.78, 5) is 28.2. The number of amides is 1. The van der Waals surface area contributed by atoms with Gasteiger partial charge in [-0.15, -0.1) is 11.3 Å². The second kappa shape index (κ2) is 8.32. The van der Waals surface area contributed by atoms with Gasteiger partial charge in [0.05, 0.1) is 28.3 Å². The highest BCUT2D eigenvalue weighted by atomic mass is 32.2. The van der Waals surface area contributed by atoms with Crippen molar-refractivity contribution in [3.8, 4) is 0 Å². The van der Waals surface area contributed by atoms with Crippen LogP contribution in [0.15, 0.2) is 24.3 Å². The molecular weight excluding hydrogens is 392 g/mol. The van der Waals surface area contributed by atoms with Crippen molar-refractivity contribution in [2.75, 3.05) is 18.1 Å². The number of rotatable bonds is 7. The minimum Gasteiger partial charge on any atom is -0.451 e. The van der Waals surface area contributed by atoms with E-state index in [0.29, 0.717) is 6.42 Å². The van der Waals surface area contributed by atoms with Crippen LogP contribution in [0.1, 0.15) is 18.4 Å². The number of nitrogens with zero attached hydrogens (tertiary/aromatic N) is 1. The topological polar surface area (TPSA) is 112 Å². The Balaban J connectivity index is 1.39. The van der Waals surface area contributed by atoms with Crippen molar-refractivity contribution in [2.45, 2.75) is 32.1 Å². The molecule has 1 aromatic carbocycles. The number of benzene rings is 1. The molecule has 10 heteroatoms. The van der Waals surface area contributed by atoms with Gasteiger partial charge in [0.1, 0.15) is 11.6 Å². The van der Waals surface area contributed by atoms with Crippen LogP contribution in [0.4, 0.5) is 0 Å². The van der Waals surface area contributed by atoms with Crippen molar-refractivity contribution < 1.29 is 27.5 Å². The van der Waals surface area contributed by atoms with E-state index in [9.17, 15) is 18.0 Å². The molecule has 27 heavy (non-hydrogen) atoms. The molecule has 1 N–H and O–H groups in total. The first kappa shape index (κ1) is 19.7. The molecule has 0 radical (unpaired) electrons. The number of fused-ring (bicyclic) bond motifs is 1. The number of aromatic nitrogens is 1. The Hall–Kier alpha value is -2.04. The molecule has 0 saturated carbocycles. The Morgan fingerprint density at radius 2 is 2.15 bits per heavy atom. The molecule has 1 fully saturated rings. The highest BCUT2D eigenvalue weighted by Crippen LogP contribution is 2.21. The number of carbonyl (C=O) groups is 2. The number of nitrogens with one attached hydrogen (secondary N) is 1. The molecular formula is C17H20N2O6S2. The average Bonchev–Trinajstić information content (AvgIpc) is 3.16. The monoisotopic (exact) mass is 412 g/mol. The molecule has 0 spiro atoms. The summed E-state index contributed by atoms with van der Waals surface area (Å²) < 4.78 is 34.2. The Kier molecular flexibility index (Phi) is 6.08. The summed E-state index contributed by atoms with van der Waals surface area (Å²) in [5.74, 6) is -1.20. The molecule has 2 atom stereocenters. The van der Waals surface area contributed by atoms with Crippen LogP contribution in [-0.2, 0) is 35.5 Å². The third-order valence-electron chi connectivity index (χ3n) is 4.04. The zero-order chi connectivity index (χ0) is 19.4. The van der Waals surface area contributed by atoms with E-state index >= 15 is 0 Å². The molecule has 1 saturated heterocycles. The van der Waals surface area contributed by atoms with E-state index in [1.165, 1.54) is 18.3 Å². The molecule has 0 aliphatic carbocycles. The van der Waals surface area contributed by atoms with Gasteiger partial charge in [-0.2, -0.15) is 0 Å². The minimum absolute atomic E-state index is 0.0612. The molecule has 146 valence electrons. The Bertz CT molecular complexity index is 907. The van der Waals surface area contributed by atoms with Crippen molar-refractivity contribution in [3.05, 3.63) is 29.3 Å². The first-order valence-electron chi connectivity index (χ1n) is 8.45.